The van der Waals surface area contributed by atoms with Crippen LogP contribution in [0.4, 0.5) is 10.3 Å². The van der Waals surface area contributed by atoms with E-state index in [0.29, 0.717) is 16.1 Å². The van der Waals surface area contributed by atoms with Crippen LogP contribution in [-0.2, 0) is 0 Å². The number of ether oxygens (including phenoxy) is 1. The molecule has 0 spiro atoms. The van der Waals surface area contributed by atoms with Gasteiger partial charge in [-0.3, -0.25) is 0 Å². The number of rotatable bonds is 2. The van der Waals surface area contributed by atoms with Gasteiger partial charge in [0.15, 0.2) is 0 Å². The van der Waals surface area contributed by atoms with Crippen molar-refractivity contribution in [1.29, 1.82) is 0 Å². The van der Waals surface area contributed by atoms with E-state index < -0.39 is 0 Å². The third-order valence-electron chi connectivity index (χ3n) is 2.41. The maximum absolute atomic E-state index is 13.0. The van der Waals surface area contributed by atoms with Gasteiger partial charge in [-0.05, 0) is 45.6 Å². The van der Waals surface area contributed by atoms with Crippen molar-refractivity contribution in [3.8, 4) is 11.6 Å². The minimum Gasteiger partial charge on any atom is -0.437 e. The molecule has 3 aromatic rings. The number of nitrogen functional groups attached to an aromatic ring is 1. The molecule has 0 unspecified atom stereocenters. The molecule has 0 bridgehead atoms. The van der Waals surface area contributed by atoms with Gasteiger partial charge in [0.05, 0.1) is 9.86 Å². The summed E-state index contributed by atoms with van der Waals surface area (Å²) < 4.78 is 19.2. The van der Waals surface area contributed by atoms with E-state index in [1.165, 1.54) is 29.5 Å². The Kier molecular flexibility index (Phi) is 3.08. The van der Waals surface area contributed by atoms with E-state index in [4.69, 9.17) is 10.5 Å². The van der Waals surface area contributed by atoms with E-state index in [0.717, 1.165) is 10.2 Å². The van der Waals surface area contributed by atoms with Crippen molar-refractivity contribution < 1.29 is 9.13 Å². The highest BCUT2D eigenvalue weighted by Crippen LogP contribution is 2.34. The number of halogens is 2. The van der Waals surface area contributed by atoms with Gasteiger partial charge in [0.2, 0.25) is 11.8 Å². The van der Waals surface area contributed by atoms with Gasteiger partial charge in [0.25, 0.3) is 0 Å². The van der Waals surface area contributed by atoms with Crippen LogP contribution in [0.25, 0.3) is 10.2 Å². The van der Waals surface area contributed by atoms with Gasteiger partial charge in [-0.1, -0.05) is 0 Å². The smallest absolute Gasteiger partial charge is 0.232 e. The molecule has 2 aromatic heterocycles. The van der Waals surface area contributed by atoms with E-state index >= 15 is 0 Å². The van der Waals surface area contributed by atoms with Crippen molar-refractivity contribution in [3.05, 3.63) is 39.9 Å². The number of aromatic nitrogens is 2. The zero-order valence-corrected chi connectivity index (χ0v) is 11.8. The highest BCUT2D eigenvalue weighted by molar-refractivity contribution is 9.10. The molecular weight excluding hydrogens is 333 g/mol. The third kappa shape index (κ3) is 2.39. The fraction of sp³-hybridized carbons (Fsp3) is 0. The van der Waals surface area contributed by atoms with Crippen LogP contribution in [0.1, 0.15) is 0 Å². The molecule has 1 aromatic carbocycles. The lowest BCUT2D eigenvalue weighted by Crippen LogP contribution is -1.97. The van der Waals surface area contributed by atoms with Crippen LogP contribution in [0.3, 0.4) is 0 Å². The first kappa shape index (κ1) is 12.3. The van der Waals surface area contributed by atoms with E-state index in [2.05, 4.69) is 25.9 Å². The predicted octanol–water partition coefficient (Wildman–Crippen LogP) is 3.97. The van der Waals surface area contributed by atoms with Gasteiger partial charge >= 0.3 is 0 Å². The molecule has 0 radical (unpaired) electrons. The number of thiophene rings is 1. The Bertz CT molecular complexity index is 762. The monoisotopic (exact) mass is 339 g/mol. The maximum atomic E-state index is 13.0. The Morgan fingerprint density at radius 1 is 1.26 bits per heavy atom. The summed E-state index contributed by atoms with van der Waals surface area (Å²) in [7, 11) is 0. The molecule has 0 aliphatic heterocycles. The first-order chi connectivity index (χ1) is 9.13. The van der Waals surface area contributed by atoms with Crippen molar-refractivity contribution >= 4 is 43.4 Å². The summed E-state index contributed by atoms with van der Waals surface area (Å²) in [6.45, 7) is 0. The van der Waals surface area contributed by atoms with Crippen molar-refractivity contribution in [3.63, 3.8) is 0 Å². The molecule has 0 atom stereocenters. The number of anilines is 1. The molecule has 4 nitrogen and oxygen atoms in total. The fourth-order valence-electron chi connectivity index (χ4n) is 1.58. The number of nitrogens with zero attached hydrogens (tertiary/aromatic N) is 2. The van der Waals surface area contributed by atoms with Gasteiger partial charge in [0.1, 0.15) is 16.4 Å². The van der Waals surface area contributed by atoms with E-state index in [-0.39, 0.29) is 11.8 Å². The number of nitrogens with two attached hydrogens (primary N) is 1. The molecule has 0 amide bonds. The zero-order valence-electron chi connectivity index (χ0n) is 9.43. The second kappa shape index (κ2) is 4.75. The average molecular weight is 340 g/mol. The van der Waals surface area contributed by atoms with Gasteiger partial charge in [-0.2, -0.15) is 4.98 Å². The zero-order chi connectivity index (χ0) is 13.4. The Morgan fingerprint density at radius 3 is 2.89 bits per heavy atom. The van der Waals surface area contributed by atoms with Crippen molar-refractivity contribution in [1.82, 2.24) is 9.97 Å². The molecule has 0 fully saturated rings. The van der Waals surface area contributed by atoms with E-state index in [9.17, 15) is 4.39 Å². The van der Waals surface area contributed by atoms with Crippen molar-refractivity contribution in [2.75, 3.05) is 5.73 Å². The molecule has 0 saturated heterocycles. The molecule has 19 heavy (non-hydrogen) atoms. The van der Waals surface area contributed by atoms with Gasteiger partial charge in [0, 0.05) is 0 Å². The molecule has 2 N–H and O–H groups in total. The standard InChI is InChI=1S/C12H7BrFN3OS/c13-8-5-6(14)1-2-9(8)18-10-7-3-4-19-11(7)17-12(15)16-10/h1-5H,(H2,15,16,17). The van der Waals surface area contributed by atoms with Gasteiger partial charge in [-0.25, -0.2) is 9.37 Å². The van der Waals surface area contributed by atoms with Gasteiger partial charge < -0.3 is 10.5 Å². The lowest BCUT2D eigenvalue weighted by Gasteiger charge is -2.08. The van der Waals surface area contributed by atoms with Crippen LogP contribution in [0, 0.1) is 5.82 Å². The van der Waals surface area contributed by atoms with Crippen LogP contribution in [-0.4, -0.2) is 9.97 Å². The SMILES string of the molecule is Nc1nc(Oc2ccc(F)cc2Br)c2ccsc2n1. The average Bonchev–Trinajstić information content (AvgIpc) is 2.80. The summed E-state index contributed by atoms with van der Waals surface area (Å²) in [5.74, 6) is 0.619. The molecule has 96 valence electrons. The molecule has 2 heterocycles. The summed E-state index contributed by atoms with van der Waals surface area (Å²) in [5.41, 5.74) is 5.63. The second-order valence-electron chi connectivity index (χ2n) is 3.70. The largest absolute Gasteiger partial charge is 0.437 e. The number of hydrogen-bond donors (Lipinski definition) is 1. The van der Waals surface area contributed by atoms with Crippen LogP contribution in [0.15, 0.2) is 34.1 Å². The van der Waals surface area contributed by atoms with E-state index in [1.807, 2.05) is 11.4 Å². The number of benzene rings is 1. The Balaban J connectivity index is 2.07. The predicted molar refractivity (Wildman–Crippen MR) is 76.0 cm³/mol. The van der Waals surface area contributed by atoms with Crippen LogP contribution < -0.4 is 10.5 Å². The third-order valence-corrected chi connectivity index (χ3v) is 3.83. The Hall–Kier alpha value is -1.73. The Labute approximate surface area is 120 Å². The minimum absolute atomic E-state index is 0.142. The van der Waals surface area contributed by atoms with E-state index in [1.54, 1.807) is 0 Å². The van der Waals surface area contributed by atoms with Crippen LogP contribution in [0.5, 0.6) is 11.6 Å². The Morgan fingerprint density at radius 2 is 2.11 bits per heavy atom. The summed E-state index contributed by atoms with van der Waals surface area (Å²) in [6, 6.07) is 6.02. The quantitative estimate of drug-likeness (QED) is 0.767. The number of fused-ring (bicyclic) bond motifs is 1. The molecule has 0 aliphatic rings. The fourth-order valence-corrected chi connectivity index (χ4v) is 2.78. The maximum Gasteiger partial charge on any atom is 0.232 e. The van der Waals surface area contributed by atoms with Crippen molar-refractivity contribution in [2.45, 2.75) is 0 Å². The molecule has 3 rings (SSSR count). The molecule has 0 saturated carbocycles. The van der Waals surface area contributed by atoms with Crippen LogP contribution in [0.2, 0.25) is 0 Å². The second-order valence-corrected chi connectivity index (χ2v) is 5.45. The summed E-state index contributed by atoms with van der Waals surface area (Å²) in [5, 5.41) is 2.65. The lowest BCUT2D eigenvalue weighted by atomic mass is 10.3. The van der Waals surface area contributed by atoms with Crippen LogP contribution >= 0.6 is 27.3 Å². The first-order valence-corrected chi connectivity index (χ1v) is 6.94. The summed E-state index contributed by atoms with van der Waals surface area (Å²) in [6.07, 6.45) is 0. The highest BCUT2D eigenvalue weighted by Gasteiger charge is 2.11. The number of hydrogen-bond acceptors (Lipinski definition) is 5. The topological polar surface area (TPSA) is 61.0 Å². The lowest BCUT2D eigenvalue weighted by molar-refractivity contribution is 0.464. The minimum atomic E-state index is -0.345. The molecule has 0 aliphatic carbocycles. The van der Waals surface area contributed by atoms with Gasteiger partial charge in [-0.15, -0.1) is 11.3 Å². The molecule has 7 heteroatoms. The summed E-state index contributed by atoms with van der Waals surface area (Å²) >= 11 is 4.69. The normalized spacial score (nSPS) is 10.8. The van der Waals surface area contributed by atoms with Crippen molar-refractivity contribution in [2.24, 2.45) is 0 Å². The first-order valence-electron chi connectivity index (χ1n) is 5.27. The highest BCUT2D eigenvalue weighted by atomic mass is 79.9. The molecular formula is C12H7BrFN3OS. The summed E-state index contributed by atoms with van der Waals surface area (Å²) in [4.78, 5) is 8.93.